The molecule has 0 radical (unpaired) electrons. The van der Waals surface area contributed by atoms with Gasteiger partial charge < -0.3 is 5.11 Å². The lowest BCUT2D eigenvalue weighted by atomic mass is 10.4. The smallest absolute Gasteiger partial charge is 0.336 e. The maximum atomic E-state index is 10.7. The van der Waals surface area contributed by atoms with Crippen molar-refractivity contribution in [1.82, 2.24) is 0 Å². The van der Waals surface area contributed by atoms with E-state index in [0.29, 0.717) is 15.6 Å². The van der Waals surface area contributed by atoms with E-state index in [0.717, 1.165) is 9.10 Å². The summed E-state index contributed by atoms with van der Waals surface area (Å²) in [5.74, 6) is -0.919. The Morgan fingerprint density at radius 3 is 2.35 bits per heavy atom. The molecular formula is C11H6Cl2O2S2. The molecule has 2 nitrogen and oxygen atoms in total. The average Bonchev–Trinajstić information content (AvgIpc) is 2.64. The summed E-state index contributed by atoms with van der Waals surface area (Å²) >= 11 is 14.6. The minimum Gasteiger partial charge on any atom is -0.478 e. The van der Waals surface area contributed by atoms with Gasteiger partial charge in [0.15, 0.2) is 0 Å². The Bertz CT molecular complexity index is 546. The zero-order chi connectivity index (χ0) is 12.4. The van der Waals surface area contributed by atoms with Crippen molar-refractivity contribution >= 4 is 52.3 Å². The summed E-state index contributed by atoms with van der Waals surface area (Å²) in [6.45, 7) is 0. The minimum atomic E-state index is -0.919. The van der Waals surface area contributed by atoms with Crippen LogP contribution in [0.2, 0.25) is 10.0 Å². The van der Waals surface area contributed by atoms with Crippen molar-refractivity contribution in [2.24, 2.45) is 0 Å². The molecule has 0 aliphatic heterocycles. The molecule has 6 heteroatoms. The van der Waals surface area contributed by atoms with Gasteiger partial charge in [-0.1, -0.05) is 35.0 Å². The van der Waals surface area contributed by atoms with Gasteiger partial charge in [0.1, 0.15) is 0 Å². The largest absolute Gasteiger partial charge is 0.478 e. The van der Waals surface area contributed by atoms with Gasteiger partial charge in [0.2, 0.25) is 0 Å². The monoisotopic (exact) mass is 304 g/mol. The maximum Gasteiger partial charge on any atom is 0.336 e. The first-order valence-corrected chi connectivity index (χ1v) is 6.95. The van der Waals surface area contributed by atoms with Crippen molar-refractivity contribution in [3.05, 3.63) is 45.3 Å². The van der Waals surface area contributed by atoms with Crippen LogP contribution >= 0.6 is 46.3 Å². The van der Waals surface area contributed by atoms with Gasteiger partial charge in [-0.3, -0.25) is 0 Å². The Balaban J connectivity index is 2.22. The second-order valence-electron chi connectivity index (χ2n) is 3.17. The van der Waals surface area contributed by atoms with Crippen LogP contribution in [0, 0.1) is 0 Å². The first kappa shape index (κ1) is 12.8. The molecule has 1 aromatic carbocycles. The molecule has 0 atom stereocenters. The molecule has 1 N–H and O–H groups in total. The third-order valence-corrected chi connectivity index (χ3v) is 4.36. The van der Waals surface area contributed by atoms with Crippen LogP contribution in [0.15, 0.2) is 38.8 Å². The summed E-state index contributed by atoms with van der Waals surface area (Å²) in [6, 6.07) is 6.87. The van der Waals surface area contributed by atoms with Gasteiger partial charge in [0.25, 0.3) is 0 Å². The lowest BCUT2D eigenvalue weighted by molar-refractivity contribution is 0.0697. The molecule has 2 aromatic rings. The van der Waals surface area contributed by atoms with E-state index in [-0.39, 0.29) is 0 Å². The van der Waals surface area contributed by atoms with Crippen LogP contribution in [-0.4, -0.2) is 11.1 Å². The minimum absolute atomic E-state index is 0.297. The van der Waals surface area contributed by atoms with Crippen molar-refractivity contribution in [3.8, 4) is 0 Å². The summed E-state index contributed by atoms with van der Waals surface area (Å²) in [7, 11) is 0. The van der Waals surface area contributed by atoms with Crippen LogP contribution in [0.4, 0.5) is 0 Å². The SMILES string of the molecule is O=C(O)c1csc(Sc2cc(Cl)cc(Cl)c2)c1. The molecule has 0 saturated carbocycles. The van der Waals surface area contributed by atoms with E-state index in [2.05, 4.69) is 0 Å². The number of hydrogen-bond acceptors (Lipinski definition) is 3. The van der Waals surface area contributed by atoms with Crippen molar-refractivity contribution in [2.45, 2.75) is 9.10 Å². The third-order valence-electron chi connectivity index (χ3n) is 1.88. The Morgan fingerprint density at radius 1 is 1.18 bits per heavy atom. The molecule has 2 rings (SSSR count). The van der Waals surface area contributed by atoms with Crippen LogP contribution in [0.25, 0.3) is 0 Å². The van der Waals surface area contributed by atoms with Crippen LogP contribution in [0.5, 0.6) is 0 Å². The van der Waals surface area contributed by atoms with Crippen LogP contribution in [0.3, 0.4) is 0 Å². The lowest BCUT2D eigenvalue weighted by Crippen LogP contribution is -1.91. The quantitative estimate of drug-likeness (QED) is 0.876. The van der Waals surface area contributed by atoms with E-state index >= 15 is 0 Å². The molecule has 0 fully saturated rings. The highest BCUT2D eigenvalue weighted by atomic mass is 35.5. The number of hydrogen-bond donors (Lipinski definition) is 1. The molecule has 0 spiro atoms. The van der Waals surface area contributed by atoms with Gasteiger partial charge in [0, 0.05) is 20.3 Å². The van der Waals surface area contributed by atoms with Gasteiger partial charge in [-0.05, 0) is 24.3 Å². The zero-order valence-corrected chi connectivity index (χ0v) is 11.5. The van der Waals surface area contributed by atoms with Gasteiger partial charge in [-0.15, -0.1) is 11.3 Å². The number of carboxylic acids is 1. The molecule has 17 heavy (non-hydrogen) atoms. The van der Waals surface area contributed by atoms with Crippen molar-refractivity contribution < 1.29 is 9.90 Å². The third kappa shape index (κ3) is 3.39. The first-order chi connectivity index (χ1) is 8.04. The average molecular weight is 305 g/mol. The number of thiophene rings is 1. The normalized spacial score (nSPS) is 10.5. The fraction of sp³-hybridized carbons (Fsp3) is 0. The van der Waals surface area contributed by atoms with Crippen molar-refractivity contribution in [1.29, 1.82) is 0 Å². The van der Waals surface area contributed by atoms with E-state index in [1.54, 1.807) is 29.6 Å². The van der Waals surface area contributed by atoms with E-state index in [9.17, 15) is 4.79 Å². The van der Waals surface area contributed by atoms with E-state index in [1.165, 1.54) is 23.1 Å². The Hall–Kier alpha value is -0.680. The van der Waals surface area contributed by atoms with Crippen molar-refractivity contribution in [2.75, 3.05) is 0 Å². The summed E-state index contributed by atoms with van der Waals surface area (Å²) in [6.07, 6.45) is 0. The number of halogens is 2. The molecule has 1 heterocycles. The topological polar surface area (TPSA) is 37.3 Å². The van der Waals surface area contributed by atoms with Crippen LogP contribution in [-0.2, 0) is 0 Å². The Labute approximate surface area is 116 Å². The van der Waals surface area contributed by atoms with Crippen molar-refractivity contribution in [3.63, 3.8) is 0 Å². The standard InChI is InChI=1S/C11H6Cl2O2S2/c12-7-2-8(13)4-9(3-7)17-10-1-6(5-16-10)11(14)15/h1-5H,(H,14,15). The highest BCUT2D eigenvalue weighted by Gasteiger charge is 2.08. The van der Waals surface area contributed by atoms with Gasteiger partial charge in [-0.25, -0.2) is 4.79 Å². The number of carbonyl (C=O) groups is 1. The highest BCUT2D eigenvalue weighted by molar-refractivity contribution is 8.01. The van der Waals surface area contributed by atoms with E-state index < -0.39 is 5.97 Å². The summed E-state index contributed by atoms with van der Waals surface area (Å²) in [5, 5.41) is 11.5. The van der Waals surface area contributed by atoms with Gasteiger partial charge >= 0.3 is 5.97 Å². The van der Waals surface area contributed by atoms with Gasteiger partial charge in [0.05, 0.1) is 9.77 Å². The molecule has 0 bridgehead atoms. The molecular weight excluding hydrogens is 299 g/mol. The molecule has 0 amide bonds. The fourth-order valence-corrected chi connectivity index (χ4v) is 3.86. The summed E-state index contributed by atoms with van der Waals surface area (Å²) < 4.78 is 0.890. The van der Waals surface area contributed by atoms with Crippen LogP contribution < -0.4 is 0 Å². The molecule has 0 saturated heterocycles. The fourth-order valence-electron chi connectivity index (χ4n) is 1.19. The number of carboxylic acid groups (broad SMARTS) is 1. The predicted octanol–water partition coefficient (Wildman–Crippen LogP) is 4.90. The summed E-state index contributed by atoms with van der Waals surface area (Å²) in [5.41, 5.74) is 0.297. The molecule has 0 aliphatic rings. The number of rotatable bonds is 3. The molecule has 1 aromatic heterocycles. The Kier molecular flexibility index (Phi) is 3.99. The predicted molar refractivity (Wildman–Crippen MR) is 71.9 cm³/mol. The molecule has 0 aliphatic carbocycles. The number of aromatic carboxylic acids is 1. The maximum absolute atomic E-state index is 10.7. The van der Waals surface area contributed by atoms with E-state index in [1.807, 2.05) is 0 Å². The second kappa shape index (κ2) is 5.31. The second-order valence-corrected chi connectivity index (χ2v) is 6.32. The first-order valence-electron chi connectivity index (χ1n) is 4.50. The van der Waals surface area contributed by atoms with Gasteiger partial charge in [-0.2, -0.15) is 0 Å². The van der Waals surface area contributed by atoms with E-state index in [4.69, 9.17) is 28.3 Å². The lowest BCUT2D eigenvalue weighted by Gasteiger charge is -2.00. The molecule has 0 unspecified atom stereocenters. The highest BCUT2D eigenvalue weighted by Crippen LogP contribution is 2.35. The zero-order valence-electron chi connectivity index (χ0n) is 8.31. The summed E-state index contributed by atoms with van der Waals surface area (Å²) in [4.78, 5) is 11.6. The van der Waals surface area contributed by atoms with Crippen LogP contribution in [0.1, 0.15) is 10.4 Å². The molecule has 88 valence electrons. The number of benzene rings is 1. The Morgan fingerprint density at radius 2 is 1.82 bits per heavy atom.